The van der Waals surface area contributed by atoms with Crippen molar-refractivity contribution in [3.8, 4) is 11.5 Å². The molecule has 0 fully saturated rings. The van der Waals surface area contributed by atoms with Gasteiger partial charge in [-0.3, -0.25) is 4.79 Å². The van der Waals surface area contributed by atoms with E-state index >= 15 is 0 Å². The minimum atomic E-state index is -0.421. The van der Waals surface area contributed by atoms with Crippen molar-refractivity contribution in [3.05, 3.63) is 65.8 Å². The number of rotatable bonds is 6. The van der Waals surface area contributed by atoms with Crippen LogP contribution in [0.25, 0.3) is 11.5 Å². The third-order valence-corrected chi connectivity index (χ3v) is 4.05. The molecule has 0 radical (unpaired) electrons. The fraction of sp³-hybridized carbons (Fsp3) is 0.250. The van der Waals surface area contributed by atoms with Crippen LogP contribution in [0, 0.1) is 12.7 Å². The highest BCUT2D eigenvalue weighted by Gasteiger charge is 2.17. The molecule has 3 aromatic rings. The number of aromatic nitrogens is 2. The van der Waals surface area contributed by atoms with Crippen LogP contribution in [0.15, 0.2) is 52.9 Å². The van der Waals surface area contributed by atoms with Crippen LogP contribution in [0.3, 0.4) is 0 Å². The molecular weight excluding hydrogens is 333 g/mol. The van der Waals surface area contributed by atoms with E-state index in [9.17, 15) is 9.18 Å². The maximum atomic E-state index is 13.8. The Morgan fingerprint density at radius 3 is 2.69 bits per heavy atom. The first-order chi connectivity index (χ1) is 12.6. The van der Waals surface area contributed by atoms with Gasteiger partial charge in [-0.25, -0.2) is 4.39 Å². The normalized spacial score (nSPS) is 10.7. The standard InChI is InChI=1S/C20H20FN3O2/c1-3-24(15-8-6-7-14(2)13-15)19(25)12-11-18-22-23-20(26-18)16-9-4-5-10-17(16)21/h4-10,13H,3,11-12H2,1-2H3. The lowest BCUT2D eigenvalue weighted by atomic mass is 10.2. The summed E-state index contributed by atoms with van der Waals surface area (Å²) in [6, 6.07) is 14.0. The van der Waals surface area contributed by atoms with E-state index in [0.29, 0.717) is 18.9 Å². The van der Waals surface area contributed by atoms with Crippen molar-refractivity contribution in [1.29, 1.82) is 0 Å². The van der Waals surface area contributed by atoms with Gasteiger partial charge < -0.3 is 9.32 Å². The first-order valence-corrected chi connectivity index (χ1v) is 8.52. The van der Waals surface area contributed by atoms with Gasteiger partial charge in [-0.05, 0) is 43.7 Å². The van der Waals surface area contributed by atoms with E-state index in [2.05, 4.69) is 10.2 Å². The molecule has 134 valence electrons. The van der Waals surface area contributed by atoms with Crippen molar-refractivity contribution in [2.75, 3.05) is 11.4 Å². The van der Waals surface area contributed by atoms with E-state index < -0.39 is 5.82 Å². The number of nitrogens with zero attached hydrogens (tertiary/aromatic N) is 3. The van der Waals surface area contributed by atoms with Crippen LogP contribution in [-0.4, -0.2) is 22.6 Å². The second-order valence-electron chi connectivity index (χ2n) is 5.96. The number of benzene rings is 2. The molecule has 5 nitrogen and oxygen atoms in total. The van der Waals surface area contributed by atoms with Gasteiger partial charge in [0.15, 0.2) is 0 Å². The number of hydrogen-bond acceptors (Lipinski definition) is 4. The number of carbonyl (C=O) groups excluding carboxylic acids is 1. The SMILES string of the molecule is CCN(C(=O)CCc1nnc(-c2ccccc2F)o1)c1cccc(C)c1. The zero-order chi connectivity index (χ0) is 18.5. The van der Waals surface area contributed by atoms with Crippen LogP contribution in [0.4, 0.5) is 10.1 Å². The van der Waals surface area contributed by atoms with E-state index in [-0.39, 0.29) is 23.8 Å². The Bertz CT molecular complexity index is 907. The van der Waals surface area contributed by atoms with Gasteiger partial charge in [-0.15, -0.1) is 10.2 Å². The van der Waals surface area contributed by atoms with E-state index in [4.69, 9.17) is 4.42 Å². The summed E-state index contributed by atoms with van der Waals surface area (Å²) in [5.74, 6) is -0.00685. The zero-order valence-electron chi connectivity index (χ0n) is 14.8. The number of hydrogen-bond donors (Lipinski definition) is 0. The number of anilines is 1. The average molecular weight is 353 g/mol. The molecule has 0 spiro atoms. The lowest BCUT2D eigenvalue weighted by molar-refractivity contribution is -0.118. The molecule has 0 aliphatic rings. The average Bonchev–Trinajstić information content (AvgIpc) is 3.10. The molecule has 1 aromatic heterocycles. The minimum absolute atomic E-state index is 0.0243. The maximum Gasteiger partial charge on any atom is 0.250 e. The molecule has 0 aliphatic heterocycles. The first kappa shape index (κ1) is 17.8. The maximum absolute atomic E-state index is 13.8. The highest BCUT2D eigenvalue weighted by Crippen LogP contribution is 2.22. The molecule has 1 amide bonds. The summed E-state index contributed by atoms with van der Waals surface area (Å²) in [5.41, 5.74) is 2.22. The smallest absolute Gasteiger partial charge is 0.250 e. The Hall–Kier alpha value is -3.02. The summed E-state index contributed by atoms with van der Waals surface area (Å²) in [6.07, 6.45) is 0.545. The number of carbonyl (C=O) groups is 1. The zero-order valence-corrected chi connectivity index (χ0v) is 14.8. The van der Waals surface area contributed by atoms with Gasteiger partial charge >= 0.3 is 0 Å². The third kappa shape index (κ3) is 3.96. The number of halogens is 1. The largest absolute Gasteiger partial charge is 0.421 e. The summed E-state index contributed by atoms with van der Waals surface area (Å²) in [7, 11) is 0. The topological polar surface area (TPSA) is 59.2 Å². The lowest BCUT2D eigenvalue weighted by Crippen LogP contribution is -2.30. The van der Waals surface area contributed by atoms with Gasteiger partial charge in [-0.2, -0.15) is 0 Å². The molecule has 0 saturated heterocycles. The molecule has 0 N–H and O–H groups in total. The molecule has 2 aromatic carbocycles. The van der Waals surface area contributed by atoms with Crippen LogP contribution < -0.4 is 4.90 Å². The Kier molecular flexibility index (Phi) is 5.41. The van der Waals surface area contributed by atoms with Gasteiger partial charge in [-0.1, -0.05) is 24.3 Å². The first-order valence-electron chi connectivity index (χ1n) is 8.52. The summed E-state index contributed by atoms with van der Waals surface area (Å²) in [6.45, 7) is 4.50. The number of aryl methyl sites for hydroxylation is 2. The molecule has 0 saturated carbocycles. The van der Waals surface area contributed by atoms with E-state index in [1.165, 1.54) is 6.07 Å². The second kappa shape index (κ2) is 7.91. The van der Waals surface area contributed by atoms with Crippen molar-refractivity contribution in [2.45, 2.75) is 26.7 Å². The Balaban J connectivity index is 1.67. The Labute approximate surface area is 151 Å². The van der Waals surface area contributed by atoms with Crippen LogP contribution in [-0.2, 0) is 11.2 Å². The molecule has 6 heteroatoms. The fourth-order valence-electron chi connectivity index (χ4n) is 2.75. The number of amides is 1. The predicted molar refractivity (Wildman–Crippen MR) is 97.2 cm³/mol. The van der Waals surface area contributed by atoms with E-state index in [0.717, 1.165) is 11.3 Å². The van der Waals surface area contributed by atoms with Gasteiger partial charge in [0.2, 0.25) is 11.8 Å². The van der Waals surface area contributed by atoms with E-state index in [1.54, 1.807) is 23.1 Å². The van der Waals surface area contributed by atoms with Gasteiger partial charge in [0, 0.05) is 25.1 Å². The van der Waals surface area contributed by atoms with Crippen LogP contribution in [0.2, 0.25) is 0 Å². The van der Waals surface area contributed by atoms with Gasteiger partial charge in [0.05, 0.1) is 5.56 Å². The molecular formula is C20H20FN3O2. The third-order valence-electron chi connectivity index (χ3n) is 4.05. The quantitative estimate of drug-likeness (QED) is 0.667. The fourth-order valence-corrected chi connectivity index (χ4v) is 2.75. The lowest BCUT2D eigenvalue weighted by Gasteiger charge is -2.21. The molecule has 0 aliphatic carbocycles. The second-order valence-corrected chi connectivity index (χ2v) is 5.96. The predicted octanol–water partition coefficient (Wildman–Crippen LogP) is 4.17. The summed E-state index contributed by atoms with van der Waals surface area (Å²) in [4.78, 5) is 14.3. The Morgan fingerprint density at radius 1 is 1.15 bits per heavy atom. The Morgan fingerprint density at radius 2 is 1.96 bits per heavy atom. The van der Waals surface area contributed by atoms with Gasteiger partial charge in [0.1, 0.15) is 5.82 Å². The molecule has 0 bridgehead atoms. The van der Waals surface area contributed by atoms with Crippen molar-refractivity contribution in [1.82, 2.24) is 10.2 Å². The highest BCUT2D eigenvalue weighted by atomic mass is 19.1. The molecule has 1 heterocycles. The summed E-state index contributed by atoms with van der Waals surface area (Å²) in [5, 5.41) is 7.80. The molecule has 3 rings (SSSR count). The summed E-state index contributed by atoms with van der Waals surface area (Å²) < 4.78 is 19.3. The van der Waals surface area contributed by atoms with Crippen LogP contribution in [0.5, 0.6) is 0 Å². The molecule has 26 heavy (non-hydrogen) atoms. The minimum Gasteiger partial charge on any atom is -0.421 e. The van der Waals surface area contributed by atoms with Gasteiger partial charge in [0.25, 0.3) is 5.89 Å². The van der Waals surface area contributed by atoms with E-state index in [1.807, 2.05) is 38.1 Å². The van der Waals surface area contributed by atoms with Crippen molar-refractivity contribution in [2.24, 2.45) is 0 Å². The van der Waals surface area contributed by atoms with Crippen molar-refractivity contribution >= 4 is 11.6 Å². The van der Waals surface area contributed by atoms with Crippen LogP contribution >= 0.6 is 0 Å². The monoisotopic (exact) mass is 353 g/mol. The highest BCUT2D eigenvalue weighted by molar-refractivity contribution is 5.93. The molecule has 0 unspecified atom stereocenters. The van der Waals surface area contributed by atoms with Crippen LogP contribution in [0.1, 0.15) is 24.8 Å². The van der Waals surface area contributed by atoms with Crippen molar-refractivity contribution in [3.63, 3.8) is 0 Å². The summed E-state index contributed by atoms with van der Waals surface area (Å²) >= 11 is 0. The molecule has 0 atom stereocenters. The van der Waals surface area contributed by atoms with Crippen molar-refractivity contribution < 1.29 is 13.6 Å².